The SMILES string of the molecule is O=C(O)[C@@H]1CCCN(C(=O)N2CCC(OCCO)CC2)C1. The molecule has 2 aliphatic rings. The van der Waals surface area contributed by atoms with Crippen LogP contribution in [0.1, 0.15) is 25.7 Å². The van der Waals surface area contributed by atoms with Gasteiger partial charge < -0.3 is 24.7 Å². The Kier molecular flexibility index (Phi) is 5.81. The lowest BCUT2D eigenvalue weighted by Gasteiger charge is -2.38. The van der Waals surface area contributed by atoms with E-state index >= 15 is 0 Å². The number of aliphatic hydroxyl groups excluding tert-OH is 1. The van der Waals surface area contributed by atoms with Gasteiger partial charge in [-0.15, -0.1) is 0 Å². The van der Waals surface area contributed by atoms with Gasteiger partial charge in [0.2, 0.25) is 0 Å². The van der Waals surface area contributed by atoms with Crippen molar-refractivity contribution in [2.45, 2.75) is 31.8 Å². The number of hydrogen-bond acceptors (Lipinski definition) is 4. The summed E-state index contributed by atoms with van der Waals surface area (Å²) in [5, 5.41) is 17.8. The summed E-state index contributed by atoms with van der Waals surface area (Å²) in [5.41, 5.74) is 0. The standard InChI is InChI=1S/C14H24N2O5/c17-8-9-21-12-3-6-15(7-4-12)14(20)16-5-1-2-11(10-16)13(18)19/h11-12,17H,1-10H2,(H,18,19)/t11-/m1/s1. The van der Waals surface area contributed by atoms with E-state index in [4.69, 9.17) is 14.9 Å². The Morgan fingerprint density at radius 3 is 2.43 bits per heavy atom. The van der Waals surface area contributed by atoms with Crippen LogP contribution in [0.25, 0.3) is 0 Å². The summed E-state index contributed by atoms with van der Waals surface area (Å²) < 4.78 is 5.47. The molecule has 0 bridgehead atoms. The van der Waals surface area contributed by atoms with Crippen molar-refractivity contribution in [2.24, 2.45) is 5.92 Å². The molecular formula is C14H24N2O5. The molecule has 21 heavy (non-hydrogen) atoms. The van der Waals surface area contributed by atoms with Crippen LogP contribution in [-0.2, 0) is 9.53 Å². The highest BCUT2D eigenvalue weighted by molar-refractivity contribution is 5.76. The highest BCUT2D eigenvalue weighted by Gasteiger charge is 2.32. The first-order valence-electron chi connectivity index (χ1n) is 7.61. The van der Waals surface area contributed by atoms with Crippen LogP contribution in [-0.4, -0.2) is 77.5 Å². The summed E-state index contributed by atoms with van der Waals surface area (Å²) in [6, 6.07) is -0.0541. The first kappa shape index (κ1) is 16.0. The van der Waals surface area contributed by atoms with E-state index in [-0.39, 0.29) is 18.7 Å². The lowest BCUT2D eigenvalue weighted by Crippen LogP contribution is -2.51. The number of ether oxygens (including phenoxy) is 1. The monoisotopic (exact) mass is 300 g/mol. The third-order valence-corrected chi connectivity index (χ3v) is 4.20. The van der Waals surface area contributed by atoms with Gasteiger partial charge in [-0.05, 0) is 25.7 Å². The second-order valence-corrected chi connectivity index (χ2v) is 5.69. The molecule has 120 valence electrons. The highest BCUT2D eigenvalue weighted by atomic mass is 16.5. The van der Waals surface area contributed by atoms with Gasteiger partial charge in [0, 0.05) is 26.2 Å². The molecule has 0 spiro atoms. The quantitative estimate of drug-likeness (QED) is 0.783. The van der Waals surface area contributed by atoms with Crippen LogP contribution in [0.2, 0.25) is 0 Å². The number of nitrogens with zero attached hydrogens (tertiary/aromatic N) is 2. The third-order valence-electron chi connectivity index (χ3n) is 4.20. The number of carbonyl (C=O) groups is 2. The number of urea groups is 1. The molecule has 2 amide bonds. The fourth-order valence-corrected chi connectivity index (χ4v) is 2.99. The molecule has 2 saturated heterocycles. The van der Waals surface area contributed by atoms with E-state index in [1.807, 2.05) is 0 Å². The largest absolute Gasteiger partial charge is 0.481 e. The number of rotatable bonds is 4. The average molecular weight is 300 g/mol. The molecule has 2 fully saturated rings. The number of carboxylic acids is 1. The Morgan fingerprint density at radius 1 is 1.10 bits per heavy atom. The highest BCUT2D eigenvalue weighted by Crippen LogP contribution is 2.20. The first-order chi connectivity index (χ1) is 10.1. The molecule has 7 nitrogen and oxygen atoms in total. The Morgan fingerprint density at radius 2 is 1.81 bits per heavy atom. The van der Waals surface area contributed by atoms with Crippen molar-refractivity contribution in [3.05, 3.63) is 0 Å². The van der Waals surface area contributed by atoms with Crippen molar-refractivity contribution in [1.29, 1.82) is 0 Å². The molecule has 0 unspecified atom stereocenters. The fourth-order valence-electron chi connectivity index (χ4n) is 2.99. The molecular weight excluding hydrogens is 276 g/mol. The van der Waals surface area contributed by atoms with Gasteiger partial charge in [0.1, 0.15) is 0 Å². The lowest BCUT2D eigenvalue weighted by molar-refractivity contribution is -0.143. The molecule has 7 heteroatoms. The van der Waals surface area contributed by atoms with E-state index < -0.39 is 11.9 Å². The van der Waals surface area contributed by atoms with Gasteiger partial charge in [0.15, 0.2) is 0 Å². The summed E-state index contributed by atoms with van der Waals surface area (Å²) >= 11 is 0. The molecule has 2 N–H and O–H groups in total. The summed E-state index contributed by atoms with van der Waals surface area (Å²) in [7, 11) is 0. The van der Waals surface area contributed by atoms with E-state index in [2.05, 4.69) is 0 Å². The smallest absolute Gasteiger partial charge is 0.320 e. The van der Waals surface area contributed by atoms with Gasteiger partial charge in [0.05, 0.1) is 25.2 Å². The van der Waals surface area contributed by atoms with Crippen molar-refractivity contribution in [2.75, 3.05) is 39.4 Å². The first-order valence-corrected chi connectivity index (χ1v) is 7.61. The van der Waals surface area contributed by atoms with Crippen molar-refractivity contribution >= 4 is 12.0 Å². The zero-order chi connectivity index (χ0) is 15.2. The molecule has 0 aromatic heterocycles. The second-order valence-electron chi connectivity index (χ2n) is 5.69. The van der Waals surface area contributed by atoms with Crippen LogP contribution in [0.4, 0.5) is 4.79 Å². The van der Waals surface area contributed by atoms with Crippen molar-refractivity contribution in [3.8, 4) is 0 Å². The molecule has 2 heterocycles. The molecule has 2 rings (SSSR count). The molecule has 0 aliphatic carbocycles. The van der Waals surface area contributed by atoms with Gasteiger partial charge in [-0.3, -0.25) is 4.79 Å². The summed E-state index contributed by atoms with van der Waals surface area (Å²) in [6.45, 7) is 2.57. The van der Waals surface area contributed by atoms with E-state index in [0.29, 0.717) is 39.2 Å². The molecule has 2 aliphatic heterocycles. The minimum absolute atomic E-state index is 0.0174. The number of hydrogen-bond donors (Lipinski definition) is 2. The Bertz CT molecular complexity index is 368. The number of carbonyl (C=O) groups excluding carboxylic acids is 1. The zero-order valence-electron chi connectivity index (χ0n) is 12.2. The summed E-state index contributed by atoms with van der Waals surface area (Å²) in [4.78, 5) is 26.9. The molecule has 0 saturated carbocycles. The van der Waals surface area contributed by atoms with Gasteiger partial charge in [-0.25, -0.2) is 4.79 Å². The van der Waals surface area contributed by atoms with Gasteiger partial charge in [0.25, 0.3) is 0 Å². The second kappa shape index (κ2) is 7.61. The molecule has 0 aromatic carbocycles. The minimum atomic E-state index is -0.816. The predicted octanol–water partition coefficient (Wildman–Crippen LogP) is 0.376. The van der Waals surface area contributed by atoms with Gasteiger partial charge in [-0.1, -0.05) is 0 Å². The number of likely N-dealkylation sites (tertiary alicyclic amines) is 2. The number of aliphatic carboxylic acids is 1. The molecule has 1 atom stereocenters. The van der Waals surface area contributed by atoms with Crippen molar-refractivity contribution in [3.63, 3.8) is 0 Å². The number of piperidine rings is 2. The topological polar surface area (TPSA) is 90.3 Å². The maximum Gasteiger partial charge on any atom is 0.320 e. The van der Waals surface area contributed by atoms with Crippen LogP contribution in [0.15, 0.2) is 0 Å². The van der Waals surface area contributed by atoms with Crippen molar-refractivity contribution < 1.29 is 24.5 Å². The minimum Gasteiger partial charge on any atom is -0.481 e. The zero-order valence-corrected chi connectivity index (χ0v) is 12.2. The number of carboxylic acid groups (broad SMARTS) is 1. The van der Waals surface area contributed by atoms with Gasteiger partial charge in [-0.2, -0.15) is 0 Å². The maximum atomic E-state index is 12.4. The number of amides is 2. The van der Waals surface area contributed by atoms with Crippen LogP contribution in [0.3, 0.4) is 0 Å². The predicted molar refractivity (Wildman–Crippen MR) is 75.0 cm³/mol. The van der Waals surface area contributed by atoms with E-state index in [0.717, 1.165) is 19.3 Å². The maximum absolute atomic E-state index is 12.4. The summed E-state index contributed by atoms with van der Waals surface area (Å²) in [6.07, 6.45) is 3.04. The van der Waals surface area contributed by atoms with E-state index in [1.165, 1.54) is 0 Å². The van der Waals surface area contributed by atoms with Crippen LogP contribution >= 0.6 is 0 Å². The van der Waals surface area contributed by atoms with Crippen LogP contribution in [0, 0.1) is 5.92 Å². The Hall–Kier alpha value is -1.34. The van der Waals surface area contributed by atoms with E-state index in [1.54, 1.807) is 9.80 Å². The molecule has 0 aromatic rings. The van der Waals surface area contributed by atoms with Gasteiger partial charge >= 0.3 is 12.0 Å². The Balaban J connectivity index is 1.80. The van der Waals surface area contributed by atoms with Crippen LogP contribution in [0.5, 0.6) is 0 Å². The van der Waals surface area contributed by atoms with Crippen molar-refractivity contribution in [1.82, 2.24) is 9.80 Å². The normalized spacial score (nSPS) is 24.1. The average Bonchev–Trinajstić information content (AvgIpc) is 2.53. The number of aliphatic hydroxyl groups is 1. The summed E-state index contributed by atoms with van der Waals surface area (Å²) in [5.74, 6) is -1.25. The van der Waals surface area contributed by atoms with E-state index in [9.17, 15) is 9.59 Å². The van der Waals surface area contributed by atoms with Crippen LogP contribution < -0.4 is 0 Å². The lowest BCUT2D eigenvalue weighted by atomic mass is 9.98. The third kappa shape index (κ3) is 4.31. The molecule has 0 radical (unpaired) electrons. The Labute approximate surface area is 124 Å². The fraction of sp³-hybridized carbons (Fsp3) is 0.857.